The fourth-order valence-corrected chi connectivity index (χ4v) is 6.21. The number of aliphatic hydroxyl groups excluding tert-OH is 2. The molecule has 0 bridgehead atoms. The molecule has 1 saturated carbocycles. The van der Waals surface area contributed by atoms with Crippen LogP contribution in [0.2, 0.25) is 0 Å². The first-order valence-electron chi connectivity index (χ1n) is 7.00. The van der Waals surface area contributed by atoms with Crippen molar-refractivity contribution in [1.82, 2.24) is 0 Å². The van der Waals surface area contributed by atoms with Gasteiger partial charge in [0.2, 0.25) is 0 Å². The number of benzene rings is 1. The highest BCUT2D eigenvalue weighted by atomic mass is 32.2. The van der Waals surface area contributed by atoms with Gasteiger partial charge in [0.05, 0.1) is 15.7 Å². The summed E-state index contributed by atoms with van der Waals surface area (Å²) in [5.74, 6) is 1.62. The van der Waals surface area contributed by atoms with Crippen LogP contribution in [0.3, 0.4) is 0 Å². The zero-order valence-electron chi connectivity index (χ0n) is 11.5. The van der Waals surface area contributed by atoms with E-state index in [2.05, 4.69) is 0 Å². The van der Waals surface area contributed by atoms with Gasteiger partial charge in [-0.05, 0) is 18.6 Å². The maximum Gasteiger partial charge on any atom is 0.338 e. The predicted molar refractivity (Wildman–Crippen MR) is 84.5 cm³/mol. The molecule has 2 fully saturated rings. The predicted octanol–water partition coefficient (Wildman–Crippen LogP) is 1.90. The van der Waals surface area contributed by atoms with Crippen LogP contribution in [0.1, 0.15) is 23.2 Å². The molecule has 0 amide bonds. The average Bonchev–Trinajstić information content (AvgIpc) is 2.93. The van der Waals surface area contributed by atoms with Gasteiger partial charge in [0.25, 0.3) is 0 Å². The number of esters is 1. The smallest absolute Gasteiger partial charge is 0.338 e. The van der Waals surface area contributed by atoms with E-state index in [1.807, 2.05) is 6.07 Å². The Morgan fingerprint density at radius 3 is 2.48 bits per heavy atom. The number of ether oxygens (including phenoxy) is 1. The van der Waals surface area contributed by atoms with Gasteiger partial charge in [0.1, 0.15) is 12.2 Å². The molecule has 1 spiro atoms. The highest BCUT2D eigenvalue weighted by molar-refractivity contribution is 8.21. The van der Waals surface area contributed by atoms with E-state index in [-0.39, 0.29) is 4.08 Å². The first-order valence-corrected chi connectivity index (χ1v) is 8.97. The molecule has 1 aromatic rings. The van der Waals surface area contributed by atoms with Gasteiger partial charge in [-0.3, -0.25) is 0 Å². The molecule has 6 heteroatoms. The van der Waals surface area contributed by atoms with Crippen LogP contribution >= 0.6 is 23.5 Å². The summed E-state index contributed by atoms with van der Waals surface area (Å²) in [6.45, 7) is 0. The molecule has 4 nitrogen and oxygen atoms in total. The second-order valence-corrected chi connectivity index (χ2v) is 8.60. The largest absolute Gasteiger partial charge is 0.456 e. The van der Waals surface area contributed by atoms with Gasteiger partial charge >= 0.3 is 5.97 Å². The van der Waals surface area contributed by atoms with Gasteiger partial charge in [-0.25, -0.2) is 4.79 Å². The molecule has 1 aliphatic carbocycles. The molecule has 0 aromatic heterocycles. The second-order valence-electron chi connectivity index (χ2n) is 5.38. The van der Waals surface area contributed by atoms with Gasteiger partial charge in [0.15, 0.2) is 0 Å². The number of carbonyl (C=O) groups excluding carboxylic acids is 1. The van der Waals surface area contributed by atoms with Crippen LogP contribution in [0, 0.1) is 0 Å². The van der Waals surface area contributed by atoms with E-state index < -0.39 is 24.3 Å². The first-order chi connectivity index (χ1) is 10.1. The van der Waals surface area contributed by atoms with E-state index >= 15 is 0 Å². The van der Waals surface area contributed by atoms with Crippen molar-refractivity contribution in [3.63, 3.8) is 0 Å². The topological polar surface area (TPSA) is 66.8 Å². The molecular formula is C15H18O4S2. The first kappa shape index (κ1) is 15.2. The number of carbonyl (C=O) groups is 1. The van der Waals surface area contributed by atoms with Crippen LogP contribution < -0.4 is 0 Å². The minimum Gasteiger partial charge on any atom is -0.456 e. The van der Waals surface area contributed by atoms with Gasteiger partial charge < -0.3 is 14.9 Å². The summed E-state index contributed by atoms with van der Waals surface area (Å²) in [7, 11) is 0. The van der Waals surface area contributed by atoms with Crippen LogP contribution in [0.5, 0.6) is 0 Å². The molecule has 2 N–H and O–H groups in total. The Hall–Kier alpha value is -0.690. The lowest BCUT2D eigenvalue weighted by atomic mass is 9.91. The fourth-order valence-electron chi connectivity index (χ4n) is 2.82. The lowest BCUT2D eigenvalue weighted by Gasteiger charge is -2.41. The van der Waals surface area contributed by atoms with Gasteiger partial charge in [0, 0.05) is 17.9 Å². The van der Waals surface area contributed by atoms with Gasteiger partial charge in [-0.2, -0.15) is 0 Å². The number of rotatable bonds is 2. The molecule has 3 rings (SSSR count). The van der Waals surface area contributed by atoms with Crippen LogP contribution in [-0.4, -0.2) is 50.1 Å². The Bertz CT molecular complexity index is 502. The normalized spacial score (nSPS) is 31.2. The number of hydrogen-bond donors (Lipinski definition) is 2. The highest BCUT2D eigenvalue weighted by Gasteiger charge is 2.49. The Labute approximate surface area is 132 Å². The van der Waals surface area contributed by atoms with Crippen LogP contribution in [0.25, 0.3) is 0 Å². The van der Waals surface area contributed by atoms with Crippen molar-refractivity contribution in [3.8, 4) is 0 Å². The average molecular weight is 326 g/mol. The van der Waals surface area contributed by atoms with E-state index in [0.29, 0.717) is 18.4 Å². The van der Waals surface area contributed by atoms with E-state index in [1.54, 1.807) is 47.8 Å². The quantitative estimate of drug-likeness (QED) is 0.809. The summed E-state index contributed by atoms with van der Waals surface area (Å²) in [5.41, 5.74) is 0.463. The summed E-state index contributed by atoms with van der Waals surface area (Å²) in [5, 5.41) is 20.2. The third kappa shape index (κ3) is 3.23. The molecule has 0 radical (unpaired) electrons. The molecule has 3 atom stereocenters. The second kappa shape index (κ2) is 6.20. The van der Waals surface area contributed by atoms with E-state index in [0.717, 1.165) is 11.5 Å². The summed E-state index contributed by atoms with van der Waals surface area (Å²) in [4.78, 5) is 12.1. The van der Waals surface area contributed by atoms with Crippen molar-refractivity contribution in [3.05, 3.63) is 35.9 Å². The third-order valence-electron chi connectivity index (χ3n) is 3.89. The lowest BCUT2D eigenvalue weighted by molar-refractivity contribution is -0.0931. The maximum absolute atomic E-state index is 12.1. The van der Waals surface area contributed by atoms with Crippen LogP contribution in [0.15, 0.2) is 30.3 Å². The minimum absolute atomic E-state index is 0.125. The fraction of sp³-hybridized carbons (Fsp3) is 0.533. The van der Waals surface area contributed by atoms with Crippen LogP contribution in [-0.2, 0) is 4.74 Å². The van der Waals surface area contributed by atoms with Crippen molar-refractivity contribution in [1.29, 1.82) is 0 Å². The standard InChI is InChI=1S/C15H18O4S2/c16-11-8-15(20-6-7-21-15)9-12(13(11)17)19-14(18)10-4-2-1-3-5-10/h1-5,11-13,16-17H,6-9H2/t11-,12+,13-/m0/s1. The molecule has 1 heterocycles. The summed E-state index contributed by atoms with van der Waals surface area (Å²) in [6, 6.07) is 8.74. The Morgan fingerprint density at radius 1 is 1.14 bits per heavy atom. The maximum atomic E-state index is 12.1. The molecular weight excluding hydrogens is 308 g/mol. The van der Waals surface area contributed by atoms with Crippen LogP contribution in [0.4, 0.5) is 0 Å². The summed E-state index contributed by atoms with van der Waals surface area (Å²) < 4.78 is 5.35. The molecule has 1 saturated heterocycles. The number of hydrogen-bond acceptors (Lipinski definition) is 6. The van der Waals surface area contributed by atoms with Crippen molar-refractivity contribution in [2.75, 3.05) is 11.5 Å². The van der Waals surface area contributed by atoms with Crippen molar-refractivity contribution >= 4 is 29.5 Å². The molecule has 21 heavy (non-hydrogen) atoms. The summed E-state index contributed by atoms with van der Waals surface area (Å²) >= 11 is 3.60. The zero-order valence-corrected chi connectivity index (χ0v) is 13.1. The minimum atomic E-state index is -1.01. The highest BCUT2D eigenvalue weighted by Crippen LogP contribution is 2.53. The van der Waals surface area contributed by atoms with E-state index in [9.17, 15) is 15.0 Å². The van der Waals surface area contributed by atoms with Gasteiger partial charge in [-0.15, -0.1) is 23.5 Å². The Morgan fingerprint density at radius 2 is 1.81 bits per heavy atom. The number of thioether (sulfide) groups is 2. The third-order valence-corrected chi connectivity index (χ3v) is 7.39. The zero-order chi connectivity index (χ0) is 14.9. The van der Waals surface area contributed by atoms with Crippen molar-refractivity contribution in [2.45, 2.75) is 35.2 Å². The van der Waals surface area contributed by atoms with Crippen molar-refractivity contribution in [2.24, 2.45) is 0 Å². The monoisotopic (exact) mass is 326 g/mol. The molecule has 0 unspecified atom stereocenters. The Balaban J connectivity index is 1.72. The Kier molecular flexibility index (Phi) is 4.49. The number of aliphatic hydroxyl groups is 2. The molecule has 114 valence electrons. The lowest BCUT2D eigenvalue weighted by Crippen LogP contribution is -2.50. The van der Waals surface area contributed by atoms with Crippen molar-refractivity contribution < 1.29 is 19.7 Å². The van der Waals surface area contributed by atoms with E-state index in [1.165, 1.54) is 0 Å². The molecule has 2 aliphatic rings. The molecule has 1 aromatic carbocycles. The van der Waals surface area contributed by atoms with E-state index in [4.69, 9.17) is 4.74 Å². The van der Waals surface area contributed by atoms with Gasteiger partial charge in [-0.1, -0.05) is 18.2 Å². The summed E-state index contributed by atoms with van der Waals surface area (Å²) in [6.07, 6.45) is -1.38. The molecule has 1 aliphatic heterocycles. The SMILES string of the molecule is O=C(O[C@@H]1CC2(C[C@H](O)[C@@H]1O)SCCS2)c1ccccc1.